The first-order valence-corrected chi connectivity index (χ1v) is 4.81. The van der Waals surface area contributed by atoms with Crippen LogP contribution in [-0.2, 0) is 0 Å². The Morgan fingerprint density at radius 1 is 1.08 bits per heavy atom. The Morgan fingerprint density at radius 2 is 1.58 bits per heavy atom. The van der Waals surface area contributed by atoms with Gasteiger partial charge >= 0.3 is 0 Å². The van der Waals surface area contributed by atoms with Gasteiger partial charge in [-0.15, -0.1) is 0 Å². The lowest BCUT2D eigenvalue weighted by Gasteiger charge is -2.48. The van der Waals surface area contributed by atoms with Crippen LogP contribution >= 0.6 is 0 Å². The Bertz CT molecular complexity index is 124. The zero-order valence-corrected chi connectivity index (χ0v) is 8.26. The van der Waals surface area contributed by atoms with E-state index in [1.807, 2.05) is 0 Å². The van der Waals surface area contributed by atoms with Crippen molar-refractivity contribution < 1.29 is 22.0 Å². The van der Waals surface area contributed by atoms with Crippen molar-refractivity contribution in [2.75, 3.05) is 32.8 Å². The summed E-state index contributed by atoms with van der Waals surface area (Å²) in [5, 5.41) is 8.92. The SMILES string of the molecule is OCC[N+]12CCC(CC1)CC2.[Cl-]. The van der Waals surface area contributed by atoms with Gasteiger partial charge in [-0.25, -0.2) is 0 Å². The van der Waals surface area contributed by atoms with Crippen molar-refractivity contribution in [3.63, 3.8) is 0 Å². The lowest BCUT2D eigenvalue weighted by atomic mass is 9.86. The number of aliphatic hydroxyl groups excluding tert-OH is 1. The minimum Gasteiger partial charge on any atom is -1.00 e. The minimum atomic E-state index is 0. The van der Waals surface area contributed by atoms with Crippen molar-refractivity contribution >= 4 is 0 Å². The number of hydrogen-bond donors (Lipinski definition) is 1. The van der Waals surface area contributed by atoms with Gasteiger partial charge in [0.05, 0.1) is 26.2 Å². The van der Waals surface area contributed by atoms with E-state index in [1.54, 1.807) is 0 Å². The van der Waals surface area contributed by atoms with Crippen LogP contribution in [-0.4, -0.2) is 42.4 Å². The maximum Gasteiger partial charge on any atom is 0.102 e. The normalized spacial score (nSPS) is 39.2. The van der Waals surface area contributed by atoms with Crippen molar-refractivity contribution in [2.24, 2.45) is 5.92 Å². The van der Waals surface area contributed by atoms with E-state index in [1.165, 1.54) is 43.4 Å². The monoisotopic (exact) mass is 191 g/mol. The molecule has 0 unspecified atom stereocenters. The highest BCUT2D eigenvalue weighted by Gasteiger charge is 2.38. The molecule has 0 spiro atoms. The molecule has 3 aliphatic heterocycles. The average molecular weight is 192 g/mol. The highest BCUT2D eigenvalue weighted by atomic mass is 35.5. The molecule has 3 saturated heterocycles. The summed E-state index contributed by atoms with van der Waals surface area (Å²) < 4.78 is 1.23. The summed E-state index contributed by atoms with van der Waals surface area (Å²) >= 11 is 0. The van der Waals surface area contributed by atoms with Gasteiger partial charge in [0.15, 0.2) is 0 Å². The summed E-state index contributed by atoms with van der Waals surface area (Å²) in [4.78, 5) is 0. The third-order valence-corrected chi connectivity index (χ3v) is 3.61. The lowest BCUT2D eigenvalue weighted by molar-refractivity contribution is -0.942. The van der Waals surface area contributed by atoms with E-state index >= 15 is 0 Å². The first kappa shape index (κ1) is 10.3. The molecule has 0 aromatic heterocycles. The van der Waals surface area contributed by atoms with E-state index in [-0.39, 0.29) is 12.4 Å². The molecule has 0 saturated carbocycles. The Kier molecular flexibility index (Phi) is 3.38. The van der Waals surface area contributed by atoms with Crippen LogP contribution in [0.5, 0.6) is 0 Å². The van der Waals surface area contributed by atoms with Crippen LogP contribution < -0.4 is 12.4 Å². The van der Waals surface area contributed by atoms with Crippen molar-refractivity contribution in [2.45, 2.75) is 19.3 Å². The van der Waals surface area contributed by atoms with Crippen LogP contribution in [0.4, 0.5) is 0 Å². The predicted molar refractivity (Wildman–Crippen MR) is 44.2 cm³/mol. The first-order chi connectivity index (χ1) is 5.35. The molecule has 3 fully saturated rings. The van der Waals surface area contributed by atoms with Crippen molar-refractivity contribution in [1.82, 2.24) is 0 Å². The second kappa shape index (κ2) is 3.95. The van der Waals surface area contributed by atoms with Crippen LogP contribution in [0.3, 0.4) is 0 Å². The van der Waals surface area contributed by atoms with Gasteiger partial charge in [0.2, 0.25) is 0 Å². The number of fused-ring (bicyclic) bond motifs is 3. The zero-order valence-electron chi connectivity index (χ0n) is 7.51. The molecule has 12 heavy (non-hydrogen) atoms. The molecule has 3 aliphatic rings. The second-order valence-corrected chi connectivity index (χ2v) is 4.19. The number of quaternary nitrogens is 1. The van der Waals surface area contributed by atoms with Crippen LogP contribution in [0.15, 0.2) is 0 Å². The van der Waals surface area contributed by atoms with Crippen molar-refractivity contribution in [3.8, 4) is 0 Å². The summed E-state index contributed by atoms with van der Waals surface area (Å²) in [6, 6.07) is 0. The van der Waals surface area contributed by atoms with E-state index in [4.69, 9.17) is 5.11 Å². The Hall–Kier alpha value is 0.210. The number of hydrogen-bond acceptors (Lipinski definition) is 1. The van der Waals surface area contributed by atoms with Gasteiger partial charge in [-0.2, -0.15) is 0 Å². The Labute approximate surface area is 80.6 Å². The summed E-state index contributed by atoms with van der Waals surface area (Å²) in [7, 11) is 0. The van der Waals surface area contributed by atoms with E-state index in [9.17, 15) is 0 Å². The molecule has 0 aromatic carbocycles. The molecule has 0 atom stereocenters. The van der Waals surface area contributed by atoms with Crippen molar-refractivity contribution in [1.29, 1.82) is 0 Å². The lowest BCUT2D eigenvalue weighted by Crippen LogP contribution is -3.00. The molecule has 3 rings (SSSR count). The van der Waals surface area contributed by atoms with Gasteiger partial charge in [-0.1, -0.05) is 0 Å². The van der Waals surface area contributed by atoms with Gasteiger partial charge in [0, 0.05) is 0 Å². The van der Waals surface area contributed by atoms with Gasteiger partial charge in [0.25, 0.3) is 0 Å². The minimum absolute atomic E-state index is 0. The van der Waals surface area contributed by atoms with Crippen LogP contribution in [0.25, 0.3) is 0 Å². The zero-order chi connectivity index (χ0) is 7.73. The van der Waals surface area contributed by atoms with Gasteiger partial charge < -0.3 is 22.0 Å². The summed E-state index contributed by atoms with van der Waals surface area (Å²) in [5.41, 5.74) is 0. The van der Waals surface area contributed by atoms with Gasteiger partial charge in [0.1, 0.15) is 6.54 Å². The molecule has 1 N–H and O–H groups in total. The van der Waals surface area contributed by atoms with E-state index in [0.29, 0.717) is 6.61 Å². The molecule has 3 heterocycles. The van der Waals surface area contributed by atoms with E-state index in [2.05, 4.69) is 0 Å². The molecular weight excluding hydrogens is 174 g/mol. The predicted octanol–water partition coefficient (Wildman–Crippen LogP) is -2.39. The van der Waals surface area contributed by atoms with Gasteiger partial charge in [-0.05, 0) is 25.2 Å². The second-order valence-electron chi connectivity index (χ2n) is 4.19. The fourth-order valence-electron chi connectivity index (χ4n) is 2.69. The first-order valence-electron chi connectivity index (χ1n) is 4.81. The Balaban J connectivity index is 0.000000720. The largest absolute Gasteiger partial charge is 1.00 e. The fraction of sp³-hybridized carbons (Fsp3) is 1.00. The molecule has 0 radical (unpaired) electrons. The topological polar surface area (TPSA) is 20.2 Å². The smallest absolute Gasteiger partial charge is 0.102 e. The molecule has 2 bridgehead atoms. The molecule has 72 valence electrons. The third-order valence-electron chi connectivity index (χ3n) is 3.61. The number of nitrogens with zero attached hydrogens (tertiary/aromatic N) is 1. The maximum absolute atomic E-state index is 8.92. The maximum atomic E-state index is 8.92. The summed E-state index contributed by atoms with van der Waals surface area (Å²) in [5.74, 6) is 1.04. The molecule has 0 aromatic rings. The number of aliphatic hydroxyl groups is 1. The summed E-state index contributed by atoms with van der Waals surface area (Å²) in [6.45, 7) is 5.40. The van der Waals surface area contributed by atoms with E-state index < -0.39 is 0 Å². The molecule has 0 aliphatic carbocycles. The van der Waals surface area contributed by atoms with Crippen LogP contribution in [0, 0.1) is 5.92 Å². The highest BCUT2D eigenvalue weighted by Crippen LogP contribution is 2.32. The number of rotatable bonds is 2. The standard InChI is InChI=1S/C9H18NO.ClH/c11-8-7-10-4-1-9(2-5-10)3-6-10;/h9,11H,1-8H2;1H/q+1;/p-1. The molecular formula is C9H18ClNO. The highest BCUT2D eigenvalue weighted by molar-refractivity contribution is 4.71. The molecule has 0 amide bonds. The quantitative estimate of drug-likeness (QED) is 0.484. The van der Waals surface area contributed by atoms with Gasteiger partial charge in [-0.3, -0.25) is 0 Å². The Morgan fingerprint density at radius 3 is 2.00 bits per heavy atom. The average Bonchev–Trinajstić information content (AvgIpc) is 2.07. The molecule has 2 nitrogen and oxygen atoms in total. The van der Waals surface area contributed by atoms with Crippen LogP contribution in [0.1, 0.15) is 19.3 Å². The fourth-order valence-corrected chi connectivity index (χ4v) is 2.69. The third kappa shape index (κ3) is 1.76. The number of piperidine rings is 3. The van der Waals surface area contributed by atoms with E-state index in [0.717, 1.165) is 12.5 Å². The summed E-state index contributed by atoms with van der Waals surface area (Å²) in [6.07, 6.45) is 4.25. The van der Waals surface area contributed by atoms with Crippen molar-refractivity contribution in [3.05, 3.63) is 0 Å². The molecule has 3 heteroatoms. The number of halogens is 1. The van der Waals surface area contributed by atoms with Crippen LogP contribution in [0.2, 0.25) is 0 Å².